The number of hydrogen-bond donors (Lipinski definition) is 0. The maximum Gasteiger partial charge on any atom is 0.318 e. The SMILES string of the molecule is COc1nc2c(c(N3CCN(C(=O)/C=C/CCl)CC3)n1)CCN(c1cccc3cccc(C)c13)C2. The predicted molar refractivity (Wildman–Crippen MR) is 141 cm³/mol. The third-order valence-electron chi connectivity index (χ3n) is 6.88. The number of alkyl halides is 1. The average Bonchev–Trinajstić information content (AvgIpc) is 2.90. The highest BCUT2D eigenvalue weighted by molar-refractivity contribution is 6.19. The van der Waals surface area contributed by atoms with Crippen LogP contribution < -0.4 is 14.5 Å². The van der Waals surface area contributed by atoms with Crippen LogP contribution >= 0.6 is 11.6 Å². The summed E-state index contributed by atoms with van der Waals surface area (Å²) < 4.78 is 5.49. The van der Waals surface area contributed by atoms with Crippen molar-refractivity contribution in [3.63, 3.8) is 0 Å². The molecule has 0 bridgehead atoms. The van der Waals surface area contributed by atoms with Gasteiger partial charge in [-0.15, -0.1) is 11.6 Å². The molecule has 0 radical (unpaired) electrons. The smallest absolute Gasteiger partial charge is 0.318 e. The van der Waals surface area contributed by atoms with E-state index in [1.165, 1.54) is 27.6 Å². The molecule has 2 aromatic carbocycles. The molecule has 0 aliphatic carbocycles. The lowest BCUT2D eigenvalue weighted by atomic mass is 9.99. The van der Waals surface area contributed by atoms with E-state index in [1.807, 2.05) is 4.90 Å². The molecule has 0 N–H and O–H groups in total. The Morgan fingerprint density at radius 3 is 2.57 bits per heavy atom. The Kier molecular flexibility index (Phi) is 6.77. The lowest BCUT2D eigenvalue weighted by Gasteiger charge is -2.38. The predicted octanol–water partition coefficient (Wildman–Crippen LogP) is 3.95. The summed E-state index contributed by atoms with van der Waals surface area (Å²) in [6, 6.07) is 13.3. The van der Waals surface area contributed by atoms with Crippen LogP contribution in [0.1, 0.15) is 16.8 Å². The average molecular weight is 492 g/mol. The molecule has 3 heterocycles. The first-order valence-corrected chi connectivity index (χ1v) is 12.6. The molecule has 182 valence electrons. The summed E-state index contributed by atoms with van der Waals surface area (Å²) in [7, 11) is 1.61. The maximum atomic E-state index is 12.3. The second-order valence-electron chi connectivity index (χ2n) is 8.95. The van der Waals surface area contributed by atoms with Gasteiger partial charge in [0, 0.05) is 61.3 Å². The van der Waals surface area contributed by atoms with Crippen molar-refractivity contribution < 1.29 is 9.53 Å². The Morgan fingerprint density at radius 2 is 1.83 bits per heavy atom. The van der Waals surface area contributed by atoms with Crippen LogP contribution in [0.5, 0.6) is 6.01 Å². The van der Waals surface area contributed by atoms with Crippen LogP contribution in [0.2, 0.25) is 0 Å². The third-order valence-corrected chi connectivity index (χ3v) is 7.06. The largest absolute Gasteiger partial charge is 0.467 e. The summed E-state index contributed by atoms with van der Waals surface area (Å²) in [4.78, 5) is 28.4. The molecule has 0 unspecified atom stereocenters. The number of carbonyl (C=O) groups excluding carboxylic acids is 1. The highest BCUT2D eigenvalue weighted by Gasteiger charge is 2.28. The molecule has 3 aromatic rings. The van der Waals surface area contributed by atoms with Gasteiger partial charge in [-0.05, 0) is 30.4 Å². The van der Waals surface area contributed by atoms with Crippen molar-refractivity contribution in [1.29, 1.82) is 0 Å². The molecule has 2 aliphatic rings. The first-order chi connectivity index (χ1) is 17.1. The van der Waals surface area contributed by atoms with Crippen molar-refractivity contribution in [2.75, 3.05) is 55.5 Å². The second kappa shape index (κ2) is 10.1. The quantitative estimate of drug-likeness (QED) is 0.398. The second-order valence-corrected chi connectivity index (χ2v) is 9.26. The molecule has 8 heteroatoms. The number of allylic oxidation sites excluding steroid dienone is 1. The van der Waals surface area contributed by atoms with Gasteiger partial charge in [0.1, 0.15) is 5.82 Å². The van der Waals surface area contributed by atoms with E-state index in [4.69, 9.17) is 26.3 Å². The molecular weight excluding hydrogens is 462 g/mol. The van der Waals surface area contributed by atoms with Crippen LogP contribution in [0, 0.1) is 6.92 Å². The van der Waals surface area contributed by atoms with Gasteiger partial charge in [0.25, 0.3) is 0 Å². The molecular formula is C27H30ClN5O2. The van der Waals surface area contributed by atoms with Gasteiger partial charge in [0.2, 0.25) is 5.91 Å². The number of halogens is 1. The first kappa shape index (κ1) is 23.4. The Labute approximate surface area is 211 Å². The summed E-state index contributed by atoms with van der Waals surface area (Å²) in [5.41, 5.74) is 4.70. The van der Waals surface area contributed by atoms with E-state index in [2.05, 4.69) is 53.1 Å². The Balaban J connectivity index is 1.41. The molecule has 0 saturated carbocycles. The number of methoxy groups -OCH3 is 1. The van der Waals surface area contributed by atoms with Crippen LogP contribution in [0.4, 0.5) is 11.5 Å². The number of hydrogen-bond acceptors (Lipinski definition) is 6. The monoisotopic (exact) mass is 491 g/mol. The minimum atomic E-state index is 0.00798. The fraction of sp³-hybridized carbons (Fsp3) is 0.370. The van der Waals surface area contributed by atoms with Crippen LogP contribution in [0.25, 0.3) is 10.8 Å². The number of aryl methyl sites for hydroxylation is 1. The van der Waals surface area contributed by atoms with Gasteiger partial charge in [-0.25, -0.2) is 0 Å². The molecule has 0 atom stereocenters. The number of piperazine rings is 1. The van der Waals surface area contributed by atoms with E-state index in [0.717, 1.165) is 37.6 Å². The molecule has 1 saturated heterocycles. The molecule has 7 nitrogen and oxygen atoms in total. The molecule has 1 amide bonds. The number of aromatic nitrogens is 2. The zero-order chi connectivity index (χ0) is 24.4. The van der Waals surface area contributed by atoms with Crippen molar-refractivity contribution >= 4 is 39.8 Å². The fourth-order valence-electron chi connectivity index (χ4n) is 5.11. The van der Waals surface area contributed by atoms with Crippen LogP contribution in [0.3, 0.4) is 0 Å². The molecule has 0 spiro atoms. The number of fused-ring (bicyclic) bond motifs is 2. The topological polar surface area (TPSA) is 61.8 Å². The zero-order valence-electron chi connectivity index (χ0n) is 20.2. The summed E-state index contributed by atoms with van der Waals surface area (Å²) in [6.07, 6.45) is 4.10. The van der Waals surface area contributed by atoms with Crippen molar-refractivity contribution in [1.82, 2.24) is 14.9 Å². The minimum absolute atomic E-state index is 0.00798. The van der Waals surface area contributed by atoms with Gasteiger partial charge in [-0.2, -0.15) is 9.97 Å². The van der Waals surface area contributed by atoms with Crippen molar-refractivity contribution in [2.45, 2.75) is 19.9 Å². The summed E-state index contributed by atoms with van der Waals surface area (Å²) in [6.45, 7) is 6.50. The summed E-state index contributed by atoms with van der Waals surface area (Å²) in [5.74, 6) is 1.28. The highest BCUT2D eigenvalue weighted by Crippen LogP contribution is 2.35. The molecule has 1 fully saturated rings. The molecule has 1 aromatic heterocycles. The number of benzene rings is 2. The van der Waals surface area contributed by atoms with Gasteiger partial charge in [-0.1, -0.05) is 36.4 Å². The fourth-order valence-corrected chi connectivity index (χ4v) is 5.19. The number of amides is 1. The van der Waals surface area contributed by atoms with E-state index in [1.54, 1.807) is 19.3 Å². The van der Waals surface area contributed by atoms with Crippen molar-refractivity contribution in [2.24, 2.45) is 0 Å². The minimum Gasteiger partial charge on any atom is -0.467 e. The van der Waals surface area contributed by atoms with Crippen molar-refractivity contribution in [3.05, 3.63) is 65.4 Å². The van der Waals surface area contributed by atoms with Crippen LogP contribution in [0.15, 0.2) is 48.6 Å². The Hall–Kier alpha value is -3.32. The van der Waals surface area contributed by atoms with E-state index in [-0.39, 0.29) is 5.91 Å². The number of nitrogens with zero attached hydrogens (tertiary/aromatic N) is 5. The molecule has 2 aliphatic heterocycles. The molecule has 5 rings (SSSR count). The van der Waals surface area contributed by atoms with E-state index >= 15 is 0 Å². The van der Waals surface area contributed by atoms with Gasteiger partial charge >= 0.3 is 6.01 Å². The van der Waals surface area contributed by atoms with Crippen molar-refractivity contribution in [3.8, 4) is 6.01 Å². The Morgan fingerprint density at radius 1 is 1.06 bits per heavy atom. The van der Waals surface area contributed by atoms with Gasteiger partial charge in [0.15, 0.2) is 0 Å². The van der Waals surface area contributed by atoms with Crippen LogP contribution in [-0.4, -0.2) is 66.5 Å². The standard InChI is InChI=1S/C27H30ClN5O2/c1-19-6-3-7-20-8-4-9-23(25(19)20)33-13-11-21-22(18-33)29-27(35-2)30-26(21)32-16-14-31(15-17-32)24(34)10-5-12-28/h3-10H,11-18H2,1-2H3/b10-5+. The Bertz CT molecular complexity index is 1260. The highest BCUT2D eigenvalue weighted by atomic mass is 35.5. The maximum absolute atomic E-state index is 12.3. The number of rotatable bonds is 5. The third kappa shape index (κ3) is 4.65. The number of ether oxygens (including phenoxy) is 1. The zero-order valence-corrected chi connectivity index (χ0v) is 21.0. The molecule has 35 heavy (non-hydrogen) atoms. The lowest BCUT2D eigenvalue weighted by molar-refractivity contribution is -0.126. The van der Waals surface area contributed by atoms with Gasteiger partial charge in [-0.3, -0.25) is 4.79 Å². The first-order valence-electron chi connectivity index (χ1n) is 12.0. The van der Waals surface area contributed by atoms with E-state index in [9.17, 15) is 4.79 Å². The number of carbonyl (C=O) groups is 1. The summed E-state index contributed by atoms with van der Waals surface area (Å²) >= 11 is 5.67. The summed E-state index contributed by atoms with van der Waals surface area (Å²) in [5, 5.41) is 2.55. The van der Waals surface area contributed by atoms with Crippen LogP contribution in [-0.2, 0) is 17.8 Å². The van der Waals surface area contributed by atoms with Gasteiger partial charge in [0.05, 0.1) is 19.3 Å². The number of anilines is 2. The van der Waals surface area contributed by atoms with E-state index in [0.29, 0.717) is 31.5 Å². The van der Waals surface area contributed by atoms with Gasteiger partial charge < -0.3 is 19.4 Å². The lowest BCUT2D eigenvalue weighted by Crippen LogP contribution is -2.49. The van der Waals surface area contributed by atoms with E-state index < -0.39 is 0 Å². The normalized spacial score (nSPS) is 16.1.